The molecular formula is C58H54F14N4O6S2. The summed E-state index contributed by atoms with van der Waals surface area (Å²) in [5, 5.41) is 39.2. The quantitative estimate of drug-likeness (QED) is 0.0999. The van der Waals surface area contributed by atoms with Crippen LogP contribution in [0.25, 0.3) is 0 Å². The predicted octanol–water partition coefficient (Wildman–Crippen LogP) is 16.3. The topological polar surface area (TPSA) is 128 Å². The number of benzene rings is 6. The minimum absolute atomic E-state index is 0.0350. The SMILES string of the molecule is Cc1cc(F)ccc1[C@@H]1C[C@H](Sc2cc(O)cc(O)c2)CCN1C(=O)N(C)Cc1cc(C(F)(F)F)cc(C(F)(F)F)c1.Cc1cc(F)ccc1[C@H]1C[C@@H](Sc2cc(O)cc(O)c2)CCN1C(=O)N(C)Cc1cc(C(F)(F)F)cc(C(F)(F)F)c1. The van der Waals surface area contributed by atoms with Crippen molar-refractivity contribution in [3.8, 4) is 23.0 Å². The van der Waals surface area contributed by atoms with Crippen molar-refractivity contribution >= 4 is 35.6 Å². The Labute approximate surface area is 481 Å². The summed E-state index contributed by atoms with van der Waals surface area (Å²) >= 11 is 2.75. The molecule has 0 saturated carbocycles. The van der Waals surface area contributed by atoms with Crippen LogP contribution in [0.1, 0.15) is 93.4 Å². The summed E-state index contributed by atoms with van der Waals surface area (Å²) in [7, 11) is 2.58. The number of carbonyl (C=O) groups is 2. The van der Waals surface area contributed by atoms with E-state index in [-0.39, 0.29) is 69.8 Å². The minimum Gasteiger partial charge on any atom is -0.508 e. The number of phenolic OH excluding ortho intramolecular Hbond substituents is 4. The highest BCUT2D eigenvalue weighted by Crippen LogP contribution is 2.45. The molecule has 2 aliphatic rings. The Bertz CT molecular complexity index is 3040. The number of phenols is 4. The first kappa shape index (κ1) is 64.3. The molecule has 4 amide bonds. The summed E-state index contributed by atoms with van der Waals surface area (Å²) in [6.07, 6.45) is -18.4. The minimum atomic E-state index is -5.02. The number of aromatic hydroxyl groups is 4. The van der Waals surface area contributed by atoms with Crippen LogP contribution in [0.4, 0.5) is 71.1 Å². The van der Waals surface area contributed by atoms with Crippen molar-refractivity contribution < 1.29 is 91.5 Å². The standard InChI is InChI=1S/2C29H27F7N2O3S/c2*1-16-7-20(30)3-4-25(16)26-14-23(42-24-12-21(39)11-22(40)13-24)5-6-38(26)27(41)37(2)15-17-8-18(28(31,32)33)10-19(9-17)29(34,35)36/h2*3-4,7-13,23,26,39-40H,5-6,14-15H2,1-2H3/t2*23-,26+/m10/s1. The molecule has 4 atom stereocenters. The zero-order valence-corrected chi connectivity index (χ0v) is 46.5. The molecule has 8 rings (SSSR count). The number of carbonyl (C=O) groups excluding carboxylic acids is 2. The fourth-order valence-corrected chi connectivity index (χ4v) is 12.7. The number of amides is 4. The second-order valence-electron chi connectivity index (χ2n) is 20.4. The van der Waals surface area contributed by atoms with Crippen LogP contribution in [0.2, 0.25) is 0 Å². The van der Waals surface area contributed by atoms with E-state index in [0.29, 0.717) is 82.0 Å². The maximum atomic E-state index is 13.9. The summed E-state index contributed by atoms with van der Waals surface area (Å²) in [5.41, 5.74) is -4.14. The zero-order valence-electron chi connectivity index (χ0n) is 44.9. The third kappa shape index (κ3) is 16.6. The van der Waals surface area contributed by atoms with Crippen LogP contribution in [-0.4, -0.2) is 89.8 Å². The number of piperidine rings is 2. The second kappa shape index (κ2) is 25.6. The number of halogens is 14. The Morgan fingerprint density at radius 3 is 1.05 bits per heavy atom. The van der Waals surface area contributed by atoms with E-state index in [1.54, 1.807) is 26.0 Å². The van der Waals surface area contributed by atoms with E-state index in [9.17, 15) is 91.5 Å². The van der Waals surface area contributed by atoms with Crippen molar-refractivity contribution in [2.75, 3.05) is 27.2 Å². The summed E-state index contributed by atoms with van der Waals surface area (Å²) in [6.45, 7) is 2.69. The van der Waals surface area contributed by atoms with Gasteiger partial charge in [0.25, 0.3) is 0 Å². The Hall–Kier alpha value is -7.22. The maximum Gasteiger partial charge on any atom is 0.416 e. The van der Waals surface area contributed by atoms with Gasteiger partial charge in [0.2, 0.25) is 0 Å². The number of urea groups is 2. The molecule has 0 bridgehead atoms. The van der Waals surface area contributed by atoms with Crippen molar-refractivity contribution in [3.05, 3.63) is 176 Å². The molecule has 6 aromatic rings. The van der Waals surface area contributed by atoms with E-state index in [4.69, 9.17) is 0 Å². The molecule has 0 aliphatic carbocycles. The van der Waals surface area contributed by atoms with Crippen LogP contribution in [0.5, 0.6) is 23.0 Å². The van der Waals surface area contributed by atoms with Gasteiger partial charge in [-0.25, -0.2) is 18.4 Å². The Morgan fingerprint density at radius 2 is 0.774 bits per heavy atom. The lowest BCUT2D eigenvalue weighted by Crippen LogP contribution is -2.47. The molecule has 2 aliphatic heterocycles. The monoisotopic (exact) mass is 1230 g/mol. The summed E-state index contributed by atoms with van der Waals surface area (Å²) in [5.74, 6) is -1.45. The van der Waals surface area contributed by atoms with Crippen molar-refractivity contribution in [1.29, 1.82) is 0 Å². The Balaban J connectivity index is 0.000000241. The molecule has 0 aromatic heterocycles. The van der Waals surface area contributed by atoms with Gasteiger partial charge in [-0.05, 0) is 158 Å². The van der Waals surface area contributed by atoms with Crippen molar-refractivity contribution in [2.45, 2.75) is 110 Å². The first-order valence-corrected chi connectivity index (χ1v) is 27.3. The van der Waals surface area contributed by atoms with Crippen LogP contribution in [-0.2, 0) is 37.8 Å². The molecule has 6 aromatic carbocycles. The molecule has 2 saturated heterocycles. The van der Waals surface area contributed by atoms with Gasteiger partial charge in [0.05, 0.1) is 34.3 Å². The van der Waals surface area contributed by atoms with Gasteiger partial charge >= 0.3 is 36.8 Å². The maximum absolute atomic E-state index is 13.9. The van der Waals surface area contributed by atoms with Gasteiger partial charge in [-0.1, -0.05) is 12.1 Å². The van der Waals surface area contributed by atoms with E-state index in [0.717, 1.165) is 9.80 Å². The summed E-state index contributed by atoms with van der Waals surface area (Å²) in [6, 6.07) is 16.5. The zero-order chi connectivity index (χ0) is 62.0. The van der Waals surface area contributed by atoms with E-state index in [1.807, 2.05) is 0 Å². The molecule has 2 heterocycles. The van der Waals surface area contributed by atoms with Crippen molar-refractivity contribution in [3.63, 3.8) is 0 Å². The van der Waals surface area contributed by atoms with Gasteiger partial charge in [0.15, 0.2) is 0 Å². The Kier molecular flexibility index (Phi) is 19.6. The number of thioether (sulfide) groups is 2. The van der Waals surface area contributed by atoms with Crippen LogP contribution in [0.3, 0.4) is 0 Å². The molecule has 0 radical (unpaired) electrons. The number of nitrogens with zero attached hydrogens (tertiary/aromatic N) is 4. The van der Waals surface area contributed by atoms with Crippen molar-refractivity contribution in [2.24, 2.45) is 0 Å². The molecule has 452 valence electrons. The van der Waals surface area contributed by atoms with E-state index >= 15 is 0 Å². The normalized spacial score (nSPS) is 17.8. The van der Waals surface area contributed by atoms with E-state index in [1.165, 1.54) is 108 Å². The van der Waals surface area contributed by atoms with Gasteiger partial charge in [-0.2, -0.15) is 52.7 Å². The second-order valence-corrected chi connectivity index (χ2v) is 23.2. The lowest BCUT2D eigenvalue weighted by atomic mass is 9.92. The molecule has 4 N–H and O–H groups in total. The number of rotatable bonds is 10. The molecule has 26 heteroatoms. The number of aryl methyl sites for hydroxylation is 2. The number of hydrogen-bond donors (Lipinski definition) is 4. The molecular weight excluding hydrogens is 1180 g/mol. The highest BCUT2D eigenvalue weighted by molar-refractivity contribution is 8.00. The first-order chi connectivity index (χ1) is 39.0. The third-order valence-corrected chi connectivity index (χ3v) is 16.5. The Morgan fingerprint density at radius 1 is 0.476 bits per heavy atom. The van der Waals surface area contributed by atoms with Gasteiger partial charge < -0.3 is 40.0 Å². The van der Waals surface area contributed by atoms with Crippen molar-refractivity contribution in [1.82, 2.24) is 19.6 Å². The molecule has 2 fully saturated rings. The van der Waals surface area contributed by atoms with Gasteiger partial charge in [-0.3, -0.25) is 0 Å². The van der Waals surface area contributed by atoms with Crippen LogP contribution in [0.15, 0.2) is 119 Å². The highest BCUT2D eigenvalue weighted by atomic mass is 32.2. The number of likely N-dealkylation sites (tertiary alicyclic amines) is 2. The fraction of sp³-hybridized carbons (Fsp3) is 0.345. The highest BCUT2D eigenvalue weighted by Gasteiger charge is 2.41. The number of alkyl halides is 12. The first-order valence-electron chi connectivity index (χ1n) is 25.5. The summed E-state index contributed by atoms with van der Waals surface area (Å²) in [4.78, 5) is 33.5. The van der Waals surface area contributed by atoms with Crippen LogP contribution >= 0.6 is 23.5 Å². The lowest BCUT2D eigenvalue weighted by molar-refractivity contribution is -0.144. The molecule has 10 nitrogen and oxygen atoms in total. The average molecular weight is 1230 g/mol. The largest absolute Gasteiger partial charge is 0.508 e. The predicted molar refractivity (Wildman–Crippen MR) is 285 cm³/mol. The molecule has 0 spiro atoms. The van der Waals surface area contributed by atoms with Gasteiger partial charge in [0.1, 0.15) is 34.6 Å². The molecule has 0 unspecified atom stereocenters. The average Bonchev–Trinajstić information content (AvgIpc) is 2.65. The summed E-state index contributed by atoms with van der Waals surface area (Å²) < 4.78 is 188. The van der Waals surface area contributed by atoms with E-state index < -0.39 is 95.8 Å². The third-order valence-electron chi connectivity index (χ3n) is 13.9. The molecule has 84 heavy (non-hydrogen) atoms. The fourth-order valence-electron chi connectivity index (χ4n) is 10.2. The number of hydrogen-bond acceptors (Lipinski definition) is 8. The lowest BCUT2D eigenvalue weighted by Gasteiger charge is -2.42. The van der Waals surface area contributed by atoms with Crippen LogP contribution in [0, 0.1) is 25.5 Å². The van der Waals surface area contributed by atoms with Gasteiger partial charge in [-0.15, -0.1) is 23.5 Å². The smallest absolute Gasteiger partial charge is 0.416 e. The van der Waals surface area contributed by atoms with E-state index in [2.05, 4.69) is 0 Å². The van der Waals surface area contributed by atoms with Gasteiger partial charge in [0, 0.05) is 72.7 Å². The van der Waals surface area contributed by atoms with Crippen LogP contribution < -0.4 is 0 Å².